The van der Waals surface area contributed by atoms with Crippen LogP contribution in [0.4, 0.5) is 0 Å². The number of benzene rings is 1. The number of amides is 1. The largest absolute Gasteiger partial charge is 0.339 e. The van der Waals surface area contributed by atoms with Crippen LogP contribution in [0.5, 0.6) is 0 Å². The Morgan fingerprint density at radius 1 is 1.19 bits per heavy atom. The summed E-state index contributed by atoms with van der Waals surface area (Å²) in [5.41, 5.74) is 1.70. The van der Waals surface area contributed by atoms with E-state index in [1.54, 1.807) is 25.1 Å². The third-order valence-corrected chi connectivity index (χ3v) is 6.73. The van der Waals surface area contributed by atoms with E-state index in [0.717, 1.165) is 31.5 Å². The highest BCUT2D eigenvalue weighted by Gasteiger charge is 2.23. The van der Waals surface area contributed by atoms with Crippen LogP contribution in [0, 0.1) is 12.8 Å². The summed E-state index contributed by atoms with van der Waals surface area (Å²) in [6, 6.07) is 6.38. The molecule has 0 aliphatic carbocycles. The average Bonchev–Trinajstić information content (AvgIpc) is 2.61. The molecule has 27 heavy (non-hydrogen) atoms. The fraction of sp³-hybridized carbons (Fsp3) is 0.400. The molecule has 1 aliphatic rings. The molecule has 1 amide bonds. The van der Waals surface area contributed by atoms with E-state index in [1.165, 1.54) is 18.5 Å². The lowest BCUT2D eigenvalue weighted by molar-refractivity contribution is 0.0696. The number of hydrogen-bond donors (Lipinski definition) is 0. The first kappa shape index (κ1) is 19.8. The maximum atomic E-state index is 12.7. The summed E-state index contributed by atoms with van der Waals surface area (Å²) in [7, 11) is -3.58. The average molecular weight is 407 g/mol. The van der Waals surface area contributed by atoms with E-state index in [2.05, 4.69) is 11.9 Å². The molecule has 7 heteroatoms. The lowest BCUT2D eigenvalue weighted by Gasteiger charge is -2.30. The Hall–Kier alpha value is -1.92. The summed E-state index contributed by atoms with van der Waals surface area (Å²) in [4.78, 5) is 18.8. The molecule has 0 saturated carbocycles. The van der Waals surface area contributed by atoms with Crippen molar-refractivity contribution in [1.82, 2.24) is 9.88 Å². The number of sulfone groups is 1. The molecule has 3 rings (SSSR count). The van der Waals surface area contributed by atoms with Gasteiger partial charge in [0, 0.05) is 30.5 Å². The molecule has 1 fully saturated rings. The van der Waals surface area contributed by atoms with Crippen molar-refractivity contribution in [3.8, 4) is 0 Å². The van der Waals surface area contributed by atoms with Gasteiger partial charge in [-0.1, -0.05) is 18.5 Å². The molecule has 1 aromatic carbocycles. The van der Waals surface area contributed by atoms with Crippen molar-refractivity contribution in [2.24, 2.45) is 5.92 Å². The van der Waals surface area contributed by atoms with Crippen LogP contribution >= 0.6 is 11.6 Å². The van der Waals surface area contributed by atoms with E-state index in [1.807, 2.05) is 4.90 Å². The molecular formula is C20H23ClN2O3S. The zero-order valence-corrected chi connectivity index (χ0v) is 17.1. The highest BCUT2D eigenvalue weighted by molar-refractivity contribution is 7.90. The molecule has 0 radical (unpaired) electrons. The summed E-state index contributed by atoms with van der Waals surface area (Å²) in [5.74, 6) is 0.315. The Labute approximate surface area is 165 Å². The van der Waals surface area contributed by atoms with Gasteiger partial charge in [-0.15, -0.1) is 0 Å². The molecule has 2 aromatic rings. The molecule has 0 spiro atoms. The minimum atomic E-state index is -3.58. The summed E-state index contributed by atoms with van der Waals surface area (Å²) in [5, 5.41) is 0.384. The number of piperidine rings is 1. The van der Waals surface area contributed by atoms with Crippen molar-refractivity contribution < 1.29 is 13.2 Å². The second-order valence-electron chi connectivity index (χ2n) is 7.28. The Kier molecular flexibility index (Phi) is 5.86. The molecule has 0 unspecified atom stereocenters. The number of hydrogen-bond acceptors (Lipinski definition) is 4. The van der Waals surface area contributed by atoms with Gasteiger partial charge in [0.2, 0.25) is 0 Å². The van der Waals surface area contributed by atoms with Gasteiger partial charge >= 0.3 is 0 Å². The lowest BCUT2D eigenvalue weighted by Crippen LogP contribution is -2.38. The van der Waals surface area contributed by atoms with Crippen molar-refractivity contribution in [2.75, 3.05) is 13.1 Å². The molecule has 5 nitrogen and oxygen atoms in total. The van der Waals surface area contributed by atoms with Gasteiger partial charge in [0.05, 0.1) is 16.2 Å². The van der Waals surface area contributed by atoms with Crippen LogP contribution in [-0.2, 0) is 15.6 Å². The van der Waals surface area contributed by atoms with Gasteiger partial charge < -0.3 is 4.90 Å². The standard InChI is InChI=1S/C20H23ClN2O3S/c1-14-3-5-23(6-4-14)20(24)17-9-16(11-22-12-17)13-27(25,26)19-8-15(2)7-18(21)10-19/h7-12,14H,3-6,13H2,1-2H3. The van der Waals surface area contributed by atoms with Gasteiger partial charge in [-0.05, 0) is 61.1 Å². The van der Waals surface area contributed by atoms with Crippen LogP contribution in [-0.4, -0.2) is 37.3 Å². The number of halogens is 1. The minimum absolute atomic E-state index is 0.0905. The van der Waals surface area contributed by atoms with E-state index in [-0.39, 0.29) is 16.6 Å². The van der Waals surface area contributed by atoms with E-state index in [0.29, 0.717) is 22.1 Å². The normalized spacial score (nSPS) is 15.7. The van der Waals surface area contributed by atoms with Crippen molar-refractivity contribution in [3.05, 3.63) is 58.4 Å². The van der Waals surface area contributed by atoms with Gasteiger partial charge in [0.15, 0.2) is 9.84 Å². The number of nitrogens with zero attached hydrogens (tertiary/aromatic N) is 2. The van der Waals surface area contributed by atoms with Crippen molar-refractivity contribution in [3.63, 3.8) is 0 Å². The van der Waals surface area contributed by atoms with E-state index in [9.17, 15) is 13.2 Å². The van der Waals surface area contributed by atoms with Crippen molar-refractivity contribution >= 4 is 27.3 Å². The zero-order valence-electron chi connectivity index (χ0n) is 15.5. The molecule has 144 valence electrons. The number of aromatic nitrogens is 1. The first-order valence-electron chi connectivity index (χ1n) is 8.98. The molecule has 1 aliphatic heterocycles. The quantitative estimate of drug-likeness (QED) is 0.772. The van der Waals surface area contributed by atoms with Crippen molar-refractivity contribution in [2.45, 2.75) is 37.3 Å². The Balaban J connectivity index is 1.80. The van der Waals surface area contributed by atoms with Gasteiger partial charge in [-0.25, -0.2) is 8.42 Å². The second kappa shape index (κ2) is 7.98. The van der Waals surface area contributed by atoms with Gasteiger partial charge in [0.25, 0.3) is 5.91 Å². The van der Waals surface area contributed by atoms with Crippen LogP contribution < -0.4 is 0 Å². The SMILES string of the molecule is Cc1cc(Cl)cc(S(=O)(=O)Cc2cncc(C(=O)N3CCC(C)CC3)c2)c1. The van der Waals surface area contributed by atoms with Gasteiger partial charge in [-0.3, -0.25) is 9.78 Å². The fourth-order valence-corrected chi connectivity index (χ4v) is 5.05. The highest BCUT2D eigenvalue weighted by Crippen LogP contribution is 2.23. The molecule has 0 N–H and O–H groups in total. The summed E-state index contributed by atoms with van der Waals surface area (Å²) < 4.78 is 25.5. The minimum Gasteiger partial charge on any atom is -0.339 e. The van der Waals surface area contributed by atoms with Crippen LogP contribution in [0.25, 0.3) is 0 Å². The Bertz CT molecular complexity index is 931. The molecule has 0 atom stereocenters. The van der Waals surface area contributed by atoms with Crippen LogP contribution in [0.1, 0.15) is 41.3 Å². The van der Waals surface area contributed by atoms with Crippen molar-refractivity contribution in [1.29, 1.82) is 0 Å². The molecule has 0 bridgehead atoms. The fourth-order valence-electron chi connectivity index (χ4n) is 3.26. The molecule has 1 aromatic heterocycles. The topological polar surface area (TPSA) is 67.3 Å². The number of pyridine rings is 1. The smallest absolute Gasteiger partial charge is 0.255 e. The monoisotopic (exact) mass is 406 g/mol. The van der Waals surface area contributed by atoms with E-state index >= 15 is 0 Å². The van der Waals surface area contributed by atoms with Crippen LogP contribution in [0.3, 0.4) is 0 Å². The number of carbonyl (C=O) groups excluding carboxylic acids is 1. The summed E-state index contributed by atoms with van der Waals surface area (Å²) in [6.07, 6.45) is 4.97. The highest BCUT2D eigenvalue weighted by atomic mass is 35.5. The van der Waals surface area contributed by atoms with Crippen LogP contribution in [0.15, 0.2) is 41.6 Å². The first-order valence-corrected chi connectivity index (χ1v) is 11.0. The molecular weight excluding hydrogens is 384 g/mol. The number of rotatable bonds is 4. The number of carbonyl (C=O) groups is 1. The second-order valence-corrected chi connectivity index (χ2v) is 9.71. The number of likely N-dealkylation sites (tertiary alicyclic amines) is 1. The Morgan fingerprint density at radius 2 is 1.89 bits per heavy atom. The van der Waals surface area contributed by atoms with Crippen LogP contribution in [0.2, 0.25) is 5.02 Å². The number of aryl methyl sites for hydroxylation is 1. The molecule has 2 heterocycles. The van der Waals surface area contributed by atoms with Gasteiger partial charge in [0.1, 0.15) is 0 Å². The third-order valence-electron chi connectivity index (χ3n) is 4.84. The Morgan fingerprint density at radius 3 is 2.56 bits per heavy atom. The zero-order chi connectivity index (χ0) is 19.6. The summed E-state index contributed by atoms with van der Waals surface area (Å²) >= 11 is 6.00. The predicted octanol–water partition coefficient (Wildman–Crippen LogP) is 3.89. The predicted molar refractivity (Wildman–Crippen MR) is 106 cm³/mol. The van der Waals surface area contributed by atoms with E-state index < -0.39 is 9.84 Å². The van der Waals surface area contributed by atoms with E-state index in [4.69, 9.17) is 11.6 Å². The lowest BCUT2D eigenvalue weighted by atomic mass is 9.99. The first-order chi connectivity index (χ1) is 12.7. The maximum absolute atomic E-state index is 12.7. The third kappa shape index (κ3) is 4.87. The molecule has 1 saturated heterocycles. The maximum Gasteiger partial charge on any atom is 0.255 e. The van der Waals surface area contributed by atoms with Gasteiger partial charge in [-0.2, -0.15) is 0 Å². The summed E-state index contributed by atoms with van der Waals surface area (Å²) in [6.45, 7) is 5.44.